The maximum atomic E-state index is 6.71. The molecule has 0 radical (unpaired) electrons. The van der Waals surface area contributed by atoms with Gasteiger partial charge in [0.2, 0.25) is 0 Å². The standard InChI is InChI=1S/C44H27NO2/c1-2-11-28(12-3-1)32-25-26-39(43-37-16-7-9-20-41(37)47-44(32)43)45(30-22-24-36-35-15-6-8-19-40(35)46-42(36)27-30)38-18-10-17-33-31-14-5-4-13-29(31)21-23-34(33)38/h1-27H. The second kappa shape index (κ2) is 10.1. The van der Waals surface area contributed by atoms with E-state index in [0.29, 0.717) is 0 Å². The minimum Gasteiger partial charge on any atom is -0.456 e. The van der Waals surface area contributed by atoms with E-state index in [1.165, 1.54) is 21.5 Å². The van der Waals surface area contributed by atoms with Crippen molar-refractivity contribution >= 4 is 82.5 Å². The number of hydrogen-bond donors (Lipinski definition) is 0. The molecule has 220 valence electrons. The average Bonchev–Trinajstić information content (AvgIpc) is 3.71. The maximum absolute atomic E-state index is 6.71. The summed E-state index contributed by atoms with van der Waals surface area (Å²) in [7, 11) is 0. The molecule has 0 atom stereocenters. The van der Waals surface area contributed by atoms with Crippen molar-refractivity contribution in [3.8, 4) is 11.1 Å². The maximum Gasteiger partial charge on any atom is 0.145 e. The highest BCUT2D eigenvalue weighted by atomic mass is 16.3. The van der Waals surface area contributed by atoms with Crippen molar-refractivity contribution in [2.45, 2.75) is 0 Å². The third-order valence-corrected chi connectivity index (χ3v) is 9.45. The summed E-state index contributed by atoms with van der Waals surface area (Å²) in [6, 6.07) is 57.8. The van der Waals surface area contributed by atoms with E-state index in [-0.39, 0.29) is 0 Å². The fourth-order valence-corrected chi connectivity index (χ4v) is 7.32. The van der Waals surface area contributed by atoms with Crippen LogP contribution in [0.25, 0.3) is 76.5 Å². The molecule has 10 rings (SSSR count). The predicted octanol–water partition coefficient (Wildman–Crippen LogP) is 12.9. The molecule has 2 aromatic heterocycles. The van der Waals surface area contributed by atoms with E-state index in [4.69, 9.17) is 8.83 Å². The van der Waals surface area contributed by atoms with Crippen LogP contribution >= 0.6 is 0 Å². The molecule has 47 heavy (non-hydrogen) atoms. The molecule has 0 spiro atoms. The summed E-state index contributed by atoms with van der Waals surface area (Å²) in [6.07, 6.45) is 0. The summed E-state index contributed by atoms with van der Waals surface area (Å²) in [5.41, 5.74) is 8.80. The Balaban J connectivity index is 1.32. The fraction of sp³-hybridized carbons (Fsp3) is 0. The Kier molecular flexibility index (Phi) is 5.57. The van der Waals surface area contributed by atoms with Crippen molar-refractivity contribution < 1.29 is 8.83 Å². The Morgan fingerprint density at radius 1 is 0.383 bits per heavy atom. The number of fused-ring (bicyclic) bond motifs is 9. The summed E-state index contributed by atoms with van der Waals surface area (Å²) < 4.78 is 13.1. The first-order valence-electron chi connectivity index (χ1n) is 15.9. The Labute approximate surface area is 270 Å². The SMILES string of the molecule is c1ccc(-c2ccc(N(c3ccc4c(c3)oc3ccccc34)c3cccc4c3ccc3ccccc34)c3c2oc2ccccc23)cc1. The third-order valence-electron chi connectivity index (χ3n) is 9.45. The number of para-hydroxylation sites is 2. The zero-order valence-corrected chi connectivity index (χ0v) is 25.4. The zero-order valence-electron chi connectivity index (χ0n) is 25.4. The van der Waals surface area contributed by atoms with Crippen LogP contribution in [0.3, 0.4) is 0 Å². The van der Waals surface area contributed by atoms with Crippen LogP contribution in [0.1, 0.15) is 0 Å². The molecule has 0 N–H and O–H groups in total. The minimum absolute atomic E-state index is 0.855. The number of anilines is 3. The predicted molar refractivity (Wildman–Crippen MR) is 196 cm³/mol. The van der Waals surface area contributed by atoms with Gasteiger partial charge in [0.05, 0.1) is 16.8 Å². The molecule has 0 bridgehead atoms. The largest absolute Gasteiger partial charge is 0.456 e. The van der Waals surface area contributed by atoms with Crippen molar-refractivity contribution in [3.05, 3.63) is 164 Å². The number of benzene rings is 8. The Morgan fingerprint density at radius 3 is 1.94 bits per heavy atom. The van der Waals surface area contributed by atoms with Crippen LogP contribution in [0.15, 0.2) is 173 Å². The second-order valence-corrected chi connectivity index (χ2v) is 12.1. The van der Waals surface area contributed by atoms with E-state index >= 15 is 0 Å². The van der Waals surface area contributed by atoms with Crippen LogP contribution in [0.5, 0.6) is 0 Å². The van der Waals surface area contributed by atoms with Crippen LogP contribution in [-0.4, -0.2) is 0 Å². The van der Waals surface area contributed by atoms with Gasteiger partial charge in [0.25, 0.3) is 0 Å². The summed E-state index contributed by atoms with van der Waals surface area (Å²) >= 11 is 0. The summed E-state index contributed by atoms with van der Waals surface area (Å²) in [5, 5.41) is 9.22. The molecule has 0 aliphatic heterocycles. The van der Waals surface area contributed by atoms with Crippen molar-refractivity contribution in [1.29, 1.82) is 0 Å². The van der Waals surface area contributed by atoms with Gasteiger partial charge in [-0.05, 0) is 64.2 Å². The highest BCUT2D eigenvalue weighted by Crippen LogP contribution is 2.48. The highest BCUT2D eigenvalue weighted by Gasteiger charge is 2.24. The lowest BCUT2D eigenvalue weighted by molar-refractivity contribution is 0.669. The Hall–Kier alpha value is -6.32. The van der Waals surface area contributed by atoms with E-state index in [9.17, 15) is 0 Å². The number of hydrogen-bond acceptors (Lipinski definition) is 3. The molecular weight excluding hydrogens is 574 g/mol. The van der Waals surface area contributed by atoms with Gasteiger partial charge >= 0.3 is 0 Å². The summed E-state index contributed by atoms with van der Waals surface area (Å²) in [4.78, 5) is 2.38. The lowest BCUT2D eigenvalue weighted by Gasteiger charge is -2.28. The highest BCUT2D eigenvalue weighted by molar-refractivity contribution is 6.19. The first-order valence-corrected chi connectivity index (χ1v) is 15.9. The molecular formula is C44H27NO2. The molecule has 0 amide bonds. The molecule has 0 aliphatic carbocycles. The van der Waals surface area contributed by atoms with Crippen LogP contribution in [-0.2, 0) is 0 Å². The van der Waals surface area contributed by atoms with Gasteiger partial charge in [-0.3, -0.25) is 0 Å². The van der Waals surface area contributed by atoms with Gasteiger partial charge in [0, 0.05) is 38.9 Å². The first-order chi connectivity index (χ1) is 23.3. The fourth-order valence-electron chi connectivity index (χ4n) is 7.32. The van der Waals surface area contributed by atoms with E-state index in [2.05, 4.69) is 144 Å². The number of rotatable bonds is 4. The van der Waals surface area contributed by atoms with Crippen LogP contribution < -0.4 is 4.90 Å². The van der Waals surface area contributed by atoms with Crippen LogP contribution in [0.2, 0.25) is 0 Å². The Morgan fingerprint density at radius 2 is 1.06 bits per heavy atom. The van der Waals surface area contributed by atoms with Gasteiger partial charge in [-0.2, -0.15) is 0 Å². The molecule has 0 fully saturated rings. The van der Waals surface area contributed by atoms with Gasteiger partial charge in [-0.1, -0.05) is 115 Å². The first kappa shape index (κ1) is 26.0. The van der Waals surface area contributed by atoms with Gasteiger partial charge in [-0.25, -0.2) is 0 Å². The second-order valence-electron chi connectivity index (χ2n) is 12.1. The molecule has 8 aromatic carbocycles. The normalized spacial score (nSPS) is 11.8. The molecule has 0 aliphatic rings. The number of furan rings is 2. The summed E-state index contributed by atoms with van der Waals surface area (Å²) in [6.45, 7) is 0. The van der Waals surface area contributed by atoms with Crippen molar-refractivity contribution in [2.75, 3.05) is 4.90 Å². The van der Waals surface area contributed by atoms with Crippen LogP contribution in [0, 0.1) is 0 Å². The third kappa shape index (κ3) is 3.93. The van der Waals surface area contributed by atoms with Crippen molar-refractivity contribution in [2.24, 2.45) is 0 Å². The van der Waals surface area contributed by atoms with E-state index < -0.39 is 0 Å². The molecule has 0 saturated carbocycles. The summed E-state index contributed by atoms with van der Waals surface area (Å²) in [5.74, 6) is 0. The van der Waals surface area contributed by atoms with E-state index in [0.717, 1.165) is 72.1 Å². The van der Waals surface area contributed by atoms with Gasteiger partial charge in [0.1, 0.15) is 22.3 Å². The average molecular weight is 602 g/mol. The number of nitrogens with zero attached hydrogens (tertiary/aromatic N) is 1. The van der Waals surface area contributed by atoms with Gasteiger partial charge in [-0.15, -0.1) is 0 Å². The van der Waals surface area contributed by atoms with Crippen LogP contribution in [0.4, 0.5) is 17.1 Å². The molecule has 10 aromatic rings. The molecule has 3 heteroatoms. The quantitative estimate of drug-likeness (QED) is 0.188. The van der Waals surface area contributed by atoms with Gasteiger partial charge < -0.3 is 13.7 Å². The lowest BCUT2D eigenvalue weighted by Crippen LogP contribution is -2.11. The molecule has 0 unspecified atom stereocenters. The Bertz CT molecular complexity index is 2810. The lowest BCUT2D eigenvalue weighted by atomic mass is 9.98. The minimum atomic E-state index is 0.855. The smallest absolute Gasteiger partial charge is 0.145 e. The van der Waals surface area contributed by atoms with Gasteiger partial charge in [0.15, 0.2) is 0 Å². The molecule has 2 heterocycles. The van der Waals surface area contributed by atoms with E-state index in [1.54, 1.807) is 0 Å². The topological polar surface area (TPSA) is 29.5 Å². The molecule has 3 nitrogen and oxygen atoms in total. The molecule has 0 saturated heterocycles. The van der Waals surface area contributed by atoms with Crippen molar-refractivity contribution in [1.82, 2.24) is 0 Å². The zero-order chi connectivity index (χ0) is 30.9. The van der Waals surface area contributed by atoms with Crippen molar-refractivity contribution in [3.63, 3.8) is 0 Å². The van der Waals surface area contributed by atoms with E-state index in [1.807, 2.05) is 24.3 Å². The monoisotopic (exact) mass is 601 g/mol.